The zero-order valence-electron chi connectivity index (χ0n) is 23.4. The van der Waals surface area contributed by atoms with Gasteiger partial charge in [0.25, 0.3) is 5.91 Å². The average Bonchev–Trinajstić information content (AvgIpc) is 3.41. The number of hydroxylamine groups is 1. The van der Waals surface area contributed by atoms with Crippen LogP contribution in [0, 0.1) is 11.3 Å². The summed E-state index contributed by atoms with van der Waals surface area (Å²) in [5.41, 5.74) is 12.8. The summed E-state index contributed by atoms with van der Waals surface area (Å²) in [5, 5.41) is 18.5. The van der Waals surface area contributed by atoms with E-state index in [2.05, 4.69) is 28.9 Å². The van der Waals surface area contributed by atoms with E-state index < -0.39 is 5.60 Å². The largest absolute Gasteiger partial charge is 0.494 e. The van der Waals surface area contributed by atoms with Crippen LogP contribution in [0.15, 0.2) is 36.5 Å². The van der Waals surface area contributed by atoms with Gasteiger partial charge in [0, 0.05) is 24.1 Å². The molecule has 1 aliphatic rings. The minimum absolute atomic E-state index is 0.247. The first-order valence-corrected chi connectivity index (χ1v) is 13.9. The number of fused-ring (bicyclic) bond motifs is 1. The Kier molecular flexibility index (Phi) is 9.10. The molecule has 3 aromatic rings. The molecule has 0 unspecified atom stereocenters. The van der Waals surface area contributed by atoms with E-state index in [1.807, 2.05) is 31.4 Å². The maximum Gasteiger partial charge on any atom is 0.274 e. The van der Waals surface area contributed by atoms with Crippen LogP contribution in [0.5, 0.6) is 5.75 Å². The van der Waals surface area contributed by atoms with Crippen LogP contribution < -0.4 is 21.3 Å². The van der Waals surface area contributed by atoms with Crippen molar-refractivity contribution in [1.82, 2.24) is 15.1 Å². The van der Waals surface area contributed by atoms with Gasteiger partial charge < -0.3 is 15.8 Å². The first-order valence-electron chi connectivity index (χ1n) is 13.9. The Balaban J connectivity index is 1.60. The predicted molar refractivity (Wildman–Crippen MR) is 152 cm³/mol. The Labute approximate surface area is 230 Å². The van der Waals surface area contributed by atoms with Gasteiger partial charge in [0.1, 0.15) is 17.4 Å². The Morgan fingerprint density at radius 1 is 1.18 bits per heavy atom. The molecule has 0 radical (unpaired) electrons. The van der Waals surface area contributed by atoms with Gasteiger partial charge in [0.15, 0.2) is 0 Å². The maximum atomic E-state index is 12.8. The summed E-state index contributed by atoms with van der Waals surface area (Å²) in [5.74, 6) is 0.380. The van der Waals surface area contributed by atoms with Crippen LogP contribution in [0.2, 0.25) is 0 Å². The summed E-state index contributed by atoms with van der Waals surface area (Å²) >= 11 is 0. The van der Waals surface area contributed by atoms with Crippen LogP contribution in [0.4, 0.5) is 5.69 Å². The molecule has 0 saturated heterocycles. The lowest BCUT2D eigenvalue weighted by molar-refractivity contribution is -0.0705. The molecule has 0 bridgehead atoms. The number of nitrogens with two attached hydrogens (primary N) is 1. The van der Waals surface area contributed by atoms with E-state index in [1.165, 1.54) is 0 Å². The number of amides is 1. The second kappa shape index (κ2) is 12.5. The molecule has 0 aliphatic heterocycles. The molecule has 9 heteroatoms. The van der Waals surface area contributed by atoms with E-state index in [1.54, 1.807) is 30.5 Å². The third kappa shape index (κ3) is 6.70. The van der Waals surface area contributed by atoms with Crippen LogP contribution in [0.3, 0.4) is 0 Å². The molecule has 2 aromatic heterocycles. The van der Waals surface area contributed by atoms with Crippen molar-refractivity contribution in [2.75, 3.05) is 11.9 Å². The normalized spacial score (nSPS) is 17.5. The van der Waals surface area contributed by atoms with Crippen molar-refractivity contribution in [2.24, 2.45) is 5.73 Å². The number of pyridine rings is 1. The number of hydrogen-bond donors (Lipinski definition) is 3. The summed E-state index contributed by atoms with van der Waals surface area (Å²) in [6, 6.07) is 11.8. The van der Waals surface area contributed by atoms with E-state index in [0.29, 0.717) is 29.9 Å². The topological polar surface area (TPSA) is 127 Å². The average molecular weight is 533 g/mol. The molecule has 1 saturated carbocycles. The van der Waals surface area contributed by atoms with Crippen LogP contribution in [-0.2, 0) is 17.7 Å². The Morgan fingerprint density at radius 3 is 2.54 bits per heavy atom. The summed E-state index contributed by atoms with van der Waals surface area (Å²) in [7, 11) is 0. The lowest BCUT2D eigenvalue weighted by atomic mass is 9.90. The molecule has 39 heavy (non-hydrogen) atoms. The molecule has 4 rings (SSSR count). The quantitative estimate of drug-likeness (QED) is 0.299. The van der Waals surface area contributed by atoms with Gasteiger partial charge in [-0.15, -0.1) is 0 Å². The second-order valence-electron chi connectivity index (χ2n) is 10.8. The van der Waals surface area contributed by atoms with E-state index in [4.69, 9.17) is 15.3 Å². The molecule has 4 N–H and O–H groups in total. The van der Waals surface area contributed by atoms with Crippen LogP contribution in [-0.4, -0.2) is 39.8 Å². The molecular weight excluding hydrogens is 492 g/mol. The summed E-state index contributed by atoms with van der Waals surface area (Å²) < 4.78 is 7.31. The molecule has 1 fully saturated rings. The highest BCUT2D eigenvalue weighted by Gasteiger charge is 2.29. The molecular formula is C30H40N6O3. The third-order valence-corrected chi connectivity index (χ3v) is 7.23. The minimum atomic E-state index is -0.759. The highest BCUT2D eigenvalue weighted by Crippen LogP contribution is 2.34. The zero-order chi connectivity index (χ0) is 28.0. The van der Waals surface area contributed by atoms with Crippen molar-refractivity contribution in [3.05, 3.63) is 58.9 Å². The lowest BCUT2D eigenvalue weighted by Gasteiger charge is -2.31. The number of rotatable bonds is 11. The molecule has 9 nitrogen and oxygen atoms in total. The second-order valence-corrected chi connectivity index (χ2v) is 10.8. The lowest BCUT2D eigenvalue weighted by Crippen LogP contribution is -2.38. The van der Waals surface area contributed by atoms with Gasteiger partial charge in [-0.1, -0.05) is 13.3 Å². The van der Waals surface area contributed by atoms with E-state index in [-0.39, 0.29) is 18.0 Å². The van der Waals surface area contributed by atoms with Gasteiger partial charge in [0.2, 0.25) is 0 Å². The van der Waals surface area contributed by atoms with Crippen molar-refractivity contribution in [1.29, 1.82) is 5.26 Å². The van der Waals surface area contributed by atoms with Crippen LogP contribution in [0.1, 0.15) is 87.0 Å². The summed E-state index contributed by atoms with van der Waals surface area (Å²) in [6.45, 7) is 8.48. The Hall–Kier alpha value is -3.61. The third-order valence-electron chi connectivity index (χ3n) is 7.23. The van der Waals surface area contributed by atoms with Crippen molar-refractivity contribution >= 4 is 17.1 Å². The number of benzene rings is 1. The van der Waals surface area contributed by atoms with Crippen LogP contribution in [0.25, 0.3) is 5.52 Å². The minimum Gasteiger partial charge on any atom is -0.494 e. The number of hydrogen-bond acceptors (Lipinski definition) is 7. The predicted octanol–water partition coefficient (Wildman–Crippen LogP) is 4.92. The first kappa shape index (κ1) is 28.4. The molecule has 0 atom stereocenters. The van der Waals surface area contributed by atoms with Gasteiger partial charge in [-0.25, -0.2) is 10.00 Å². The van der Waals surface area contributed by atoms with Gasteiger partial charge in [-0.2, -0.15) is 10.4 Å². The van der Waals surface area contributed by atoms with Gasteiger partial charge in [0.05, 0.1) is 35.3 Å². The fourth-order valence-electron chi connectivity index (χ4n) is 5.25. The zero-order valence-corrected chi connectivity index (χ0v) is 23.4. The van der Waals surface area contributed by atoms with Crippen molar-refractivity contribution < 1.29 is 14.4 Å². The van der Waals surface area contributed by atoms with Crippen molar-refractivity contribution in [3.63, 3.8) is 0 Å². The first-order chi connectivity index (χ1) is 18.8. The fourth-order valence-corrected chi connectivity index (χ4v) is 5.25. The number of nitriles is 1. The number of nitrogens with one attached hydrogen (secondary N) is 2. The number of nitrogens with zero attached hydrogens (tertiary/aromatic N) is 3. The summed E-state index contributed by atoms with van der Waals surface area (Å²) in [6.07, 6.45) is 7.78. The highest BCUT2D eigenvalue weighted by atomic mass is 16.7. The molecule has 1 amide bonds. The standard InChI is InChI=1S/C30H40N6O3/c1-5-7-24-27(18-30(3,4)39-35-29(37)20-8-14-23(15-9-20)38-6-2)36-26(16-17-33-36)25(19-31)28(24)34-22-12-10-21(32)11-13-22/h8-9,14-17,21-22,34H,5-7,10-13,18,32H2,1-4H3,(H,35,37). The maximum absolute atomic E-state index is 12.8. The number of carbonyl (C=O) groups is 1. The fraction of sp³-hybridized carbons (Fsp3) is 0.500. The van der Waals surface area contributed by atoms with E-state index >= 15 is 0 Å². The monoisotopic (exact) mass is 532 g/mol. The number of ether oxygens (including phenoxy) is 1. The van der Waals surface area contributed by atoms with E-state index in [0.717, 1.165) is 61.0 Å². The molecule has 208 valence electrons. The van der Waals surface area contributed by atoms with Gasteiger partial charge in [-0.3, -0.25) is 9.63 Å². The highest BCUT2D eigenvalue weighted by molar-refractivity contribution is 5.93. The number of carbonyl (C=O) groups excluding carboxylic acids is 1. The van der Waals surface area contributed by atoms with Gasteiger partial charge in [-0.05, 0) is 88.8 Å². The van der Waals surface area contributed by atoms with Crippen LogP contribution >= 0.6 is 0 Å². The van der Waals surface area contributed by atoms with Crippen molar-refractivity contribution in [3.8, 4) is 11.8 Å². The van der Waals surface area contributed by atoms with Crippen molar-refractivity contribution in [2.45, 2.75) is 90.3 Å². The Morgan fingerprint density at radius 2 is 1.90 bits per heavy atom. The Bertz CT molecular complexity index is 1320. The molecule has 0 spiro atoms. The smallest absolute Gasteiger partial charge is 0.274 e. The number of anilines is 1. The van der Waals surface area contributed by atoms with E-state index in [9.17, 15) is 10.1 Å². The SMILES string of the molecule is CCCc1c(NC2CCC(N)CC2)c(C#N)c2ccnn2c1CC(C)(C)ONC(=O)c1ccc(OCC)cc1. The number of aromatic nitrogens is 2. The van der Waals surface area contributed by atoms with Gasteiger partial charge >= 0.3 is 0 Å². The summed E-state index contributed by atoms with van der Waals surface area (Å²) in [4.78, 5) is 18.8. The molecule has 1 aromatic carbocycles. The molecule has 1 aliphatic carbocycles. The molecule has 2 heterocycles.